The zero-order chi connectivity index (χ0) is 11.1. The average molecular weight is 197 g/mol. The molecule has 0 spiro atoms. The van der Waals surface area contributed by atoms with Gasteiger partial charge in [0.25, 0.3) is 0 Å². The minimum atomic E-state index is -0.453. The standard InChI is InChI=1S/C10H15NO3/c1-5-9(12)11-6-8(4)14-10(13)7(2)3/h5,8H,1-2,6H2,3-4H3,(H,11,12). The molecule has 1 unspecified atom stereocenters. The van der Waals surface area contributed by atoms with E-state index >= 15 is 0 Å². The van der Waals surface area contributed by atoms with Crippen LogP contribution in [0.3, 0.4) is 0 Å². The van der Waals surface area contributed by atoms with Gasteiger partial charge in [-0.2, -0.15) is 0 Å². The maximum atomic E-state index is 11.0. The van der Waals surface area contributed by atoms with Gasteiger partial charge in [0.2, 0.25) is 5.91 Å². The molecular weight excluding hydrogens is 182 g/mol. The maximum Gasteiger partial charge on any atom is 0.333 e. The molecular formula is C10H15NO3. The van der Waals surface area contributed by atoms with E-state index in [0.29, 0.717) is 5.57 Å². The Morgan fingerprint density at radius 2 is 2.14 bits per heavy atom. The van der Waals surface area contributed by atoms with Gasteiger partial charge < -0.3 is 10.1 Å². The van der Waals surface area contributed by atoms with Crippen LogP contribution < -0.4 is 5.32 Å². The lowest BCUT2D eigenvalue weighted by molar-refractivity contribution is -0.143. The van der Waals surface area contributed by atoms with E-state index in [2.05, 4.69) is 18.5 Å². The zero-order valence-electron chi connectivity index (χ0n) is 8.50. The van der Waals surface area contributed by atoms with Crippen LogP contribution in [-0.2, 0) is 14.3 Å². The second kappa shape index (κ2) is 5.96. The fourth-order valence-corrected chi connectivity index (χ4v) is 0.641. The molecule has 78 valence electrons. The van der Waals surface area contributed by atoms with Crippen molar-refractivity contribution in [2.45, 2.75) is 20.0 Å². The summed E-state index contributed by atoms with van der Waals surface area (Å²) in [4.78, 5) is 21.8. The molecule has 0 fully saturated rings. The van der Waals surface area contributed by atoms with Gasteiger partial charge in [0.15, 0.2) is 0 Å². The molecule has 4 heteroatoms. The van der Waals surface area contributed by atoms with E-state index in [1.54, 1.807) is 13.8 Å². The quantitative estimate of drug-likeness (QED) is 0.524. The first kappa shape index (κ1) is 12.4. The highest BCUT2D eigenvalue weighted by Crippen LogP contribution is 1.96. The van der Waals surface area contributed by atoms with Crippen molar-refractivity contribution in [3.63, 3.8) is 0 Å². The number of hydrogen-bond acceptors (Lipinski definition) is 3. The van der Waals surface area contributed by atoms with Crippen molar-refractivity contribution in [2.24, 2.45) is 0 Å². The minimum absolute atomic E-state index is 0.268. The fraction of sp³-hybridized carbons (Fsp3) is 0.400. The number of carbonyl (C=O) groups excluding carboxylic acids is 2. The molecule has 0 saturated carbocycles. The highest BCUT2D eigenvalue weighted by atomic mass is 16.5. The van der Waals surface area contributed by atoms with Crippen LogP contribution in [0, 0.1) is 0 Å². The van der Waals surface area contributed by atoms with Crippen molar-refractivity contribution in [2.75, 3.05) is 6.54 Å². The lowest BCUT2D eigenvalue weighted by Crippen LogP contribution is -2.32. The molecule has 0 heterocycles. The largest absolute Gasteiger partial charge is 0.457 e. The molecule has 4 nitrogen and oxygen atoms in total. The second-order valence-electron chi connectivity index (χ2n) is 2.95. The van der Waals surface area contributed by atoms with Crippen LogP contribution in [-0.4, -0.2) is 24.5 Å². The van der Waals surface area contributed by atoms with Crippen molar-refractivity contribution in [3.8, 4) is 0 Å². The Labute approximate surface area is 83.6 Å². The molecule has 1 atom stereocenters. The molecule has 1 amide bonds. The first-order valence-corrected chi connectivity index (χ1v) is 4.24. The molecule has 0 aliphatic rings. The van der Waals surface area contributed by atoms with Crippen LogP contribution in [0.25, 0.3) is 0 Å². The summed E-state index contributed by atoms with van der Waals surface area (Å²) < 4.78 is 4.92. The third kappa shape index (κ3) is 5.13. The molecule has 0 aliphatic carbocycles. The van der Waals surface area contributed by atoms with Crippen LogP contribution in [0.15, 0.2) is 24.8 Å². The van der Waals surface area contributed by atoms with Crippen LogP contribution in [0.1, 0.15) is 13.8 Å². The van der Waals surface area contributed by atoms with E-state index in [9.17, 15) is 9.59 Å². The smallest absolute Gasteiger partial charge is 0.333 e. The van der Waals surface area contributed by atoms with Gasteiger partial charge in [-0.15, -0.1) is 0 Å². The number of nitrogens with one attached hydrogen (secondary N) is 1. The molecule has 1 N–H and O–H groups in total. The Morgan fingerprint density at radius 3 is 2.57 bits per heavy atom. The first-order valence-electron chi connectivity index (χ1n) is 4.24. The van der Waals surface area contributed by atoms with Gasteiger partial charge in [-0.05, 0) is 19.9 Å². The number of rotatable bonds is 5. The Balaban J connectivity index is 3.81. The second-order valence-corrected chi connectivity index (χ2v) is 2.95. The predicted molar refractivity (Wildman–Crippen MR) is 53.6 cm³/mol. The SMILES string of the molecule is C=CC(=O)NCC(C)OC(=O)C(=C)C. The van der Waals surface area contributed by atoms with Crippen LogP contribution in [0.4, 0.5) is 0 Å². The Bertz CT molecular complexity index is 258. The summed E-state index contributed by atoms with van der Waals surface area (Å²) in [6.07, 6.45) is 0.788. The first-order chi connectivity index (χ1) is 6.47. The number of esters is 1. The topological polar surface area (TPSA) is 55.4 Å². The molecule has 0 bridgehead atoms. The molecule has 0 saturated heterocycles. The van der Waals surface area contributed by atoms with E-state index < -0.39 is 5.97 Å². The molecule has 0 radical (unpaired) electrons. The Morgan fingerprint density at radius 1 is 1.57 bits per heavy atom. The Kier molecular flexibility index (Phi) is 5.29. The number of hydrogen-bond donors (Lipinski definition) is 1. The van der Waals surface area contributed by atoms with Crippen LogP contribution >= 0.6 is 0 Å². The van der Waals surface area contributed by atoms with Gasteiger partial charge >= 0.3 is 5.97 Å². The molecule has 14 heavy (non-hydrogen) atoms. The minimum Gasteiger partial charge on any atom is -0.457 e. The van der Waals surface area contributed by atoms with Gasteiger partial charge in [0.05, 0.1) is 6.54 Å². The summed E-state index contributed by atoms with van der Waals surface area (Å²) in [6, 6.07) is 0. The van der Waals surface area contributed by atoms with Gasteiger partial charge in [-0.3, -0.25) is 4.79 Å². The monoisotopic (exact) mass is 197 g/mol. The normalized spacial score (nSPS) is 11.3. The molecule has 0 aromatic rings. The number of amides is 1. The van der Waals surface area contributed by atoms with Crippen molar-refractivity contribution in [1.82, 2.24) is 5.32 Å². The average Bonchev–Trinajstić information content (AvgIpc) is 2.13. The summed E-state index contributed by atoms with van der Waals surface area (Å²) in [5.74, 6) is -0.742. The van der Waals surface area contributed by atoms with Crippen molar-refractivity contribution < 1.29 is 14.3 Å². The molecule has 0 aromatic heterocycles. The van der Waals surface area contributed by atoms with Gasteiger partial charge in [-0.25, -0.2) is 4.79 Å². The van der Waals surface area contributed by atoms with Gasteiger partial charge in [0, 0.05) is 5.57 Å². The third-order valence-corrected chi connectivity index (χ3v) is 1.41. The van der Waals surface area contributed by atoms with E-state index in [4.69, 9.17) is 4.74 Å². The fourth-order valence-electron chi connectivity index (χ4n) is 0.641. The summed E-state index contributed by atoms with van der Waals surface area (Å²) in [7, 11) is 0. The Hall–Kier alpha value is -1.58. The number of carbonyl (C=O) groups is 2. The summed E-state index contributed by atoms with van der Waals surface area (Å²) in [6.45, 7) is 10.3. The van der Waals surface area contributed by atoms with Crippen molar-refractivity contribution >= 4 is 11.9 Å². The molecule has 0 aliphatic heterocycles. The van der Waals surface area contributed by atoms with E-state index in [1.807, 2.05) is 0 Å². The molecule has 0 aromatic carbocycles. The lowest BCUT2D eigenvalue weighted by Gasteiger charge is -2.13. The van der Waals surface area contributed by atoms with Crippen LogP contribution in [0.2, 0.25) is 0 Å². The summed E-state index contributed by atoms with van der Waals surface area (Å²) in [5.41, 5.74) is 0.340. The summed E-state index contributed by atoms with van der Waals surface area (Å²) >= 11 is 0. The lowest BCUT2D eigenvalue weighted by atomic mass is 10.3. The highest BCUT2D eigenvalue weighted by Gasteiger charge is 2.09. The van der Waals surface area contributed by atoms with E-state index in [-0.39, 0.29) is 18.6 Å². The van der Waals surface area contributed by atoms with E-state index in [1.165, 1.54) is 0 Å². The van der Waals surface area contributed by atoms with Crippen molar-refractivity contribution in [3.05, 3.63) is 24.8 Å². The van der Waals surface area contributed by atoms with Gasteiger partial charge in [-0.1, -0.05) is 13.2 Å². The van der Waals surface area contributed by atoms with Gasteiger partial charge in [0.1, 0.15) is 6.10 Å². The van der Waals surface area contributed by atoms with Crippen LogP contribution in [0.5, 0.6) is 0 Å². The summed E-state index contributed by atoms with van der Waals surface area (Å²) in [5, 5.41) is 2.51. The maximum absolute atomic E-state index is 11.0. The highest BCUT2D eigenvalue weighted by molar-refractivity contribution is 5.87. The van der Waals surface area contributed by atoms with E-state index in [0.717, 1.165) is 6.08 Å². The predicted octanol–water partition coefficient (Wildman–Crippen LogP) is 0.796. The number of ether oxygens (including phenoxy) is 1. The zero-order valence-corrected chi connectivity index (χ0v) is 8.50. The molecule has 0 rings (SSSR count). The third-order valence-electron chi connectivity index (χ3n) is 1.41. The van der Waals surface area contributed by atoms with Crippen molar-refractivity contribution in [1.29, 1.82) is 0 Å².